The third-order valence-electron chi connectivity index (χ3n) is 3.18. The quantitative estimate of drug-likeness (QED) is 0.803. The maximum atomic E-state index is 12.2. The van der Waals surface area contributed by atoms with E-state index in [4.69, 9.17) is 0 Å². The molecule has 1 unspecified atom stereocenters. The van der Waals surface area contributed by atoms with Crippen LogP contribution in [-0.4, -0.2) is 46.6 Å². The van der Waals surface area contributed by atoms with Crippen LogP contribution in [0.25, 0.3) is 0 Å². The maximum Gasteiger partial charge on any atom is 0.239 e. The first-order chi connectivity index (χ1) is 8.81. The van der Waals surface area contributed by atoms with Crippen molar-refractivity contribution in [3.05, 3.63) is 12.2 Å². The normalized spacial score (nSPS) is 20.4. The van der Waals surface area contributed by atoms with Gasteiger partial charge in [-0.3, -0.25) is 4.79 Å². The Morgan fingerprint density at radius 2 is 2.50 bits per heavy atom. The van der Waals surface area contributed by atoms with E-state index in [0.717, 1.165) is 32.4 Å². The molecule has 0 radical (unpaired) electrons. The van der Waals surface area contributed by atoms with Gasteiger partial charge < -0.3 is 14.7 Å². The molecule has 0 saturated carbocycles. The van der Waals surface area contributed by atoms with Crippen LogP contribution in [0.5, 0.6) is 0 Å². The van der Waals surface area contributed by atoms with Gasteiger partial charge in [-0.15, -0.1) is 0 Å². The second-order valence-electron chi connectivity index (χ2n) is 4.57. The van der Waals surface area contributed by atoms with E-state index in [9.17, 15) is 4.79 Å². The lowest BCUT2D eigenvalue weighted by molar-refractivity contribution is -0.135. The minimum Gasteiger partial charge on any atom is -0.343 e. The Bertz CT molecular complexity index is 366. The molecule has 1 fully saturated rings. The number of amides is 1. The number of carbonyl (C=O) groups is 1. The zero-order valence-corrected chi connectivity index (χ0v) is 10.8. The van der Waals surface area contributed by atoms with Crippen LogP contribution in [-0.2, 0) is 11.2 Å². The summed E-state index contributed by atoms with van der Waals surface area (Å²) in [7, 11) is 0. The predicted molar refractivity (Wildman–Crippen MR) is 65.9 cm³/mol. The molecule has 1 atom stereocenters. The number of carbonyl (C=O) groups excluding carboxylic acids is 1. The number of nitrogens with one attached hydrogen (secondary N) is 1. The summed E-state index contributed by atoms with van der Waals surface area (Å²) in [5.74, 6) is 0.865. The third kappa shape index (κ3) is 3.29. The van der Waals surface area contributed by atoms with E-state index in [1.165, 1.54) is 6.39 Å². The second kappa shape index (κ2) is 6.49. The Morgan fingerprint density at radius 3 is 3.22 bits per heavy atom. The van der Waals surface area contributed by atoms with E-state index in [-0.39, 0.29) is 11.9 Å². The maximum absolute atomic E-state index is 12.2. The first-order valence-electron chi connectivity index (χ1n) is 6.58. The van der Waals surface area contributed by atoms with E-state index in [0.29, 0.717) is 18.8 Å². The molecule has 18 heavy (non-hydrogen) atoms. The van der Waals surface area contributed by atoms with Gasteiger partial charge in [0.05, 0.1) is 6.04 Å². The van der Waals surface area contributed by atoms with Gasteiger partial charge in [-0.2, -0.15) is 4.98 Å². The van der Waals surface area contributed by atoms with Crippen LogP contribution in [0, 0.1) is 0 Å². The Morgan fingerprint density at radius 1 is 1.61 bits per heavy atom. The van der Waals surface area contributed by atoms with Crippen LogP contribution in [0.2, 0.25) is 0 Å². The van der Waals surface area contributed by atoms with Crippen LogP contribution in [0.4, 0.5) is 0 Å². The summed E-state index contributed by atoms with van der Waals surface area (Å²) in [6, 6.07) is -0.0102. The van der Waals surface area contributed by atoms with Crippen LogP contribution in [0.15, 0.2) is 10.9 Å². The monoisotopic (exact) mass is 252 g/mol. The zero-order valence-electron chi connectivity index (χ0n) is 10.8. The second-order valence-corrected chi connectivity index (χ2v) is 4.57. The fourth-order valence-corrected chi connectivity index (χ4v) is 2.21. The molecule has 0 bridgehead atoms. The summed E-state index contributed by atoms with van der Waals surface area (Å²) < 4.78 is 4.68. The molecule has 1 amide bonds. The SMILES string of the molecule is CCCNC1CCCN(CCc2ncon2)C1=O. The van der Waals surface area contributed by atoms with Gasteiger partial charge in [-0.1, -0.05) is 12.1 Å². The molecule has 1 aliphatic rings. The number of piperidine rings is 1. The van der Waals surface area contributed by atoms with Gasteiger partial charge in [0, 0.05) is 19.5 Å². The Labute approximate surface area is 107 Å². The lowest BCUT2D eigenvalue weighted by atomic mass is 10.0. The number of nitrogens with zero attached hydrogens (tertiary/aromatic N) is 3. The molecule has 100 valence electrons. The molecule has 1 aromatic heterocycles. The molecule has 6 nitrogen and oxygen atoms in total. The molecule has 0 spiro atoms. The third-order valence-corrected chi connectivity index (χ3v) is 3.18. The van der Waals surface area contributed by atoms with Crippen molar-refractivity contribution in [2.24, 2.45) is 0 Å². The van der Waals surface area contributed by atoms with Gasteiger partial charge >= 0.3 is 0 Å². The van der Waals surface area contributed by atoms with Gasteiger partial charge in [0.25, 0.3) is 0 Å². The van der Waals surface area contributed by atoms with E-state index in [1.807, 2.05) is 4.90 Å². The van der Waals surface area contributed by atoms with Gasteiger partial charge in [0.15, 0.2) is 5.82 Å². The average Bonchev–Trinajstić information content (AvgIpc) is 2.89. The highest BCUT2D eigenvalue weighted by Crippen LogP contribution is 2.12. The minimum atomic E-state index is -0.0102. The molecular formula is C12H20N4O2. The van der Waals surface area contributed by atoms with Crippen molar-refractivity contribution >= 4 is 5.91 Å². The average molecular weight is 252 g/mol. The number of aromatic nitrogens is 2. The van der Waals surface area contributed by atoms with Crippen molar-refractivity contribution in [3.8, 4) is 0 Å². The van der Waals surface area contributed by atoms with Crippen molar-refractivity contribution in [2.45, 2.75) is 38.6 Å². The largest absolute Gasteiger partial charge is 0.343 e. The predicted octanol–water partition coefficient (Wildman–Crippen LogP) is 0.603. The van der Waals surface area contributed by atoms with Crippen LogP contribution >= 0.6 is 0 Å². The number of hydrogen-bond acceptors (Lipinski definition) is 5. The Kier molecular flexibility index (Phi) is 4.69. The zero-order chi connectivity index (χ0) is 12.8. The van der Waals surface area contributed by atoms with Crippen molar-refractivity contribution in [2.75, 3.05) is 19.6 Å². The van der Waals surface area contributed by atoms with Gasteiger partial charge in [0.2, 0.25) is 12.3 Å². The Hall–Kier alpha value is -1.43. The molecule has 2 rings (SSSR count). The fraction of sp³-hybridized carbons (Fsp3) is 0.750. The van der Waals surface area contributed by atoms with Crippen molar-refractivity contribution in [3.63, 3.8) is 0 Å². The topological polar surface area (TPSA) is 71.3 Å². The number of hydrogen-bond donors (Lipinski definition) is 1. The standard InChI is InChI=1S/C12H20N4O2/c1-2-6-13-10-4-3-7-16(12(10)17)8-5-11-14-9-18-15-11/h9-10,13H,2-8H2,1H3. The van der Waals surface area contributed by atoms with E-state index in [1.54, 1.807) is 0 Å². The number of likely N-dealkylation sites (tertiary alicyclic amines) is 1. The summed E-state index contributed by atoms with van der Waals surface area (Å²) in [5, 5.41) is 7.06. The lowest BCUT2D eigenvalue weighted by Crippen LogP contribution is -2.51. The van der Waals surface area contributed by atoms with E-state index in [2.05, 4.69) is 26.9 Å². The van der Waals surface area contributed by atoms with Crippen molar-refractivity contribution in [1.82, 2.24) is 20.4 Å². The smallest absolute Gasteiger partial charge is 0.239 e. The Balaban J connectivity index is 1.82. The lowest BCUT2D eigenvalue weighted by Gasteiger charge is -2.32. The van der Waals surface area contributed by atoms with Gasteiger partial charge in [-0.25, -0.2) is 0 Å². The molecule has 2 heterocycles. The number of rotatable bonds is 6. The molecule has 1 aliphatic heterocycles. The van der Waals surface area contributed by atoms with Crippen molar-refractivity contribution in [1.29, 1.82) is 0 Å². The van der Waals surface area contributed by atoms with Crippen molar-refractivity contribution < 1.29 is 9.32 Å². The molecular weight excluding hydrogens is 232 g/mol. The highest BCUT2D eigenvalue weighted by Gasteiger charge is 2.27. The van der Waals surface area contributed by atoms with Gasteiger partial charge in [0.1, 0.15) is 0 Å². The highest BCUT2D eigenvalue weighted by atomic mass is 16.5. The molecule has 0 aliphatic carbocycles. The summed E-state index contributed by atoms with van der Waals surface area (Å²) in [5.41, 5.74) is 0. The molecule has 1 saturated heterocycles. The molecule has 0 aromatic carbocycles. The van der Waals surface area contributed by atoms with Crippen LogP contribution in [0.3, 0.4) is 0 Å². The molecule has 1 aromatic rings. The first kappa shape index (κ1) is 13.0. The van der Waals surface area contributed by atoms with Gasteiger partial charge in [-0.05, 0) is 25.8 Å². The molecule has 6 heteroatoms. The minimum absolute atomic E-state index is 0.0102. The van der Waals surface area contributed by atoms with Crippen LogP contribution < -0.4 is 5.32 Å². The molecule has 1 N–H and O–H groups in total. The summed E-state index contributed by atoms with van der Waals surface area (Å²) in [4.78, 5) is 18.0. The first-order valence-corrected chi connectivity index (χ1v) is 6.58. The summed E-state index contributed by atoms with van der Waals surface area (Å²) >= 11 is 0. The highest BCUT2D eigenvalue weighted by molar-refractivity contribution is 5.82. The van der Waals surface area contributed by atoms with E-state index >= 15 is 0 Å². The fourth-order valence-electron chi connectivity index (χ4n) is 2.21. The summed E-state index contributed by atoms with van der Waals surface area (Å²) in [6.07, 6.45) is 5.02. The van der Waals surface area contributed by atoms with Crippen LogP contribution in [0.1, 0.15) is 32.0 Å². The summed E-state index contributed by atoms with van der Waals surface area (Å²) in [6.45, 7) is 4.51. The van der Waals surface area contributed by atoms with E-state index < -0.39 is 0 Å².